The normalized spacial score (nSPS) is 15.9. The number of rotatable bonds is 7. The SMILES string of the molecule is Cn1nc(-c2cccc(OCC(O)CN3CCN(c4ncccn4)CC3)c2)c2sccc21. The summed E-state index contributed by atoms with van der Waals surface area (Å²) in [4.78, 5) is 13.1. The van der Waals surface area contributed by atoms with Crippen molar-refractivity contribution in [3.63, 3.8) is 0 Å². The van der Waals surface area contributed by atoms with Crippen molar-refractivity contribution < 1.29 is 9.84 Å². The first-order valence-electron chi connectivity index (χ1n) is 10.7. The minimum atomic E-state index is -0.558. The summed E-state index contributed by atoms with van der Waals surface area (Å²) in [5.41, 5.74) is 3.11. The third-order valence-electron chi connectivity index (χ3n) is 5.68. The van der Waals surface area contributed by atoms with Crippen molar-refractivity contribution in [2.45, 2.75) is 6.10 Å². The quantitative estimate of drug-likeness (QED) is 0.464. The molecule has 0 saturated carbocycles. The van der Waals surface area contributed by atoms with Crippen molar-refractivity contribution in [3.05, 3.63) is 54.2 Å². The Hall–Kier alpha value is -3.01. The van der Waals surface area contributed by atoms with Crippen molar-refractivity contribution in [2.75, 3.05) is 44.2 Å². The van der Waals surface area contributed by atoms with Gasteiger partial charge in [-0.2, -0.15) is 5.10 Å². The zero-order valence-corrected chi connectivity index (χ0v) is 18.8. The first-order valence-corrected chi connectivity index (χ1v) is 11.6. The molecule has 0 bridgehead atoms. The van der Waals surface area contributed by atoms with E-state index >= 15 is 0 Å². The molecule has 8 nitrogen and oxygen atoms in total. The van der Waals surface area contributed by atoms with Crippen LogP contribution in [-0.4, -0.2) is 75.2 Å². The molecule has 4 heterocycles. The lowest BCUT2D eigenvalue weighted by Gasteiger charge is -2.35. The van der Waals surface area contributed by atoms with E-state index in [1.54, 1.807) is 23.7 Å². The molecular formula is C23H26N6O2S. The molecule has 1 unspecified atom stereocenters. The summed E-state index contributed by atoms with van der Waals surface area (Å²) in [6.45, 7) is 4.26. The maximum Gasteiger partial charge on any atom is 0.225 e. The lowest BCUT2D eigenvalue weighted by molar-refractivity contribution is 0.0662. The van der Waals surface area contributed by atoms with E-state index in [0.29, 0.717) is 6.54 Å². The minimum Gasteiger partial charge on any atom is -0.491 e. The van der Waals surface area contributed by atoms with E-state index in [1.807, 2.05) is 42.1 Å². The van der Waals surface area contributed by atoms with Crippen molar-refractivity contribution >= 4 is 27.5 Å². The highest BCUT2D eigenvalue weighted by Crippen LogP contribution is 2.33. The molecule has 1 saturated heterocycles. The zero-order valence-electron chi connectivity index (χ0n) is 18.0. The van der Waals surface area contributed by atoms with E-state index in [9.17, 15) is 5.11 Å². The van der Waals surface area contributed by atoms with Crippen molar-refractivity contribution in [1.29, 1.82) is 0 Å². The number of aliphatic hydroxyl groups is 1. The van der Waals surface area contributed by atoms with Crippen LogP contribution in [0, 0.1) is 0 Å². The third kappa shape index (κ3) is 4.45. The van der Waals surface area contributed by atoms with E-state index in [1.165, 1.54) is 4.70 Å². The molecule has 1 fully saturated rings. The number of nitrogens with zero attached hydrogens (tertiary/aromatic N) is 6. The number of hydrogen-bond acceptors (Lipinski definition) is 8. The average Bonchev–Trinajstić information content (AvgIpc) is 3.43. The number of aromatic nitrogens is 4. The van der Waals surface area contributed by atoms with Gasteiger partial charge >= 0.3 is 0 Å². The smallest absolute Gasteiger partial charge is 0.225 e. The molecular weight excluding hydrogens is 424 g/mol. The first-order chi connectivity index (χ1) is 15.7. The van der Waals surface area contributed by atoms with Gasteiger partial charge in [0.05, 0.1) is 10.2 Å². The predicted molar refractivity (Wildman–Crippen MR) is 126 cm³/mol. The second-order valence-electron chi connectivity index (χ2n) is 7.94. The van der Waals surface area contributed by atoms with Gasteiger partial charge in [-0.05, 0) is 29.6 Å². The Morgan fingerprint density at radius 1 is 1.09 bits per heavy atom. The summed E-state index contributed by atoms with van der Waals surface area (Å²) in [5.74, 6) is 1.51. The van der Waals surface area contributed by atoms with Gasteiger partial charge in [0, 0.05) is 57.7 Å². The molecule has 1 aliphatic heterocycles. The lowest BCUT2D eigenvalue weighted by Crippen LogP contribution is -2.49. The summed E-state index contributed by atoms with van der Waals surface area (Å²) in [6.07, 6.45) is 2.97. The molecule has 166 valence electrons. The van der Waals surface area contributed by atoms with Crippen LogP contribution in [0.15, 0.2) is 54.2 Å². The van der Waals surface area contributed by atoms with E-state index in [-0.39, 0.29) is 6.61 Å². The van der Waals surface area contributed by atoms with Crippen LogP contribution >= 0.6 is 11.3 Å². The maximum atomic E-state index is 10.5. The molecule has 4 aromatic rings. The number of hydrogen-bond donors (Lipinski definition) is 1. The van der Waals surface area contributed by atoms with Crippen molar-refractivity contribution in [1.82, 2.24) is 24.6 Å². The van der Waals surface area contributed by atoms with Gasteiger partial charge in [0.1, 0.15) is 24.2 Å². The third-order valence-corrected chi connectivity index (χ3v) is 6.59. The molecule has 0 radical (unpaired) electrons. The highest BCUT2D eigenvalue weighted by atomic mass is 32.1. The van der Waals surface area contributed by atoms with Crippen LogP contribution in [0.25, 0.3) is 21.5 Å². The summed E-state index contributed by atoms with van der Waals surface area (Å²) in [6, 6.07) is 11.8. The van der Waals surface area contributed by atoms with Crippen molar-refractivity contribution in [2.24, 2.45) is 7.05 Å². The van der Waals surface area contributed by atoms with E-state index in [2.05, 4.69) is 36.3 Å². The van der Waals surface area contributed by atoms with E-state index < -0.39 is 6.10 Å². The van der Waals surface area contributed by atoms with Crippen LogP contribution in [-0.2, 0) is 7.05 Å². The molecule has 0 amide bonds. The van der Waals surface area contributed by atoms with E-state index in [4.69, 9.17) is 4.74 Å². The fourth-order valence-electron chi connectivity index (χ4n) is 4.03. The fraction of sp³-hybridized carbons (Fsp3) is 0.348. The van der Waals surface area contributed by atoms with Crippen LogP contribution in [0.5, 0.6) is 5.75 Å². The van der Waals surface area contributed by atoms with Crippen LogP contribution in [0.1, 0.15) is 0 Å². The Labute approximate surface area is 190 Å². The number of piperazine rings is 1. The van der Waals surface area contributed by atoms with Gasteiger partial charge in [0.25, 0.3) is 0 Å². The highest BCUT2D eigenvalue weighted by molar-refractivity contribution is 7.17. The van der Waals surface area contributed by atoms with Gasteiger partial charge in [0.2, 0.25) is 5.95 Å². The summed E-state index contributed by atoms with van der Waals surface area (Å²) >= 11 is 1.69. The number of β-amino-alcohol motifs (C(OH)–C–C–N with tert-alkyl or cyclic N) is 1. The summed E-state index contributed by atoms with van der Waals surface area (Å²) < 4.78 is 9.00. The molecule has 1 aromatic carbocycles. The zero-order chi connectivity index (χ0) is 21.9. The number of benzene rings is 1. The Balaban J connectivity index is 1.14. The van der Waals surface area contributed by atoms with Gasteiger partial charge in [-0.25, -0.2) is 9.97 Å². The fourth-order valence-corrected chi connectivity index (χ4v) is 4.96. The number of aliphatic hydroxyl groups excluding tert-OH is 1. The molecule has 32 heavy (non-hydrogen) atoms. The Kier molecular flexibility index (Phi) is 6.02. The Bertz CT molecular complexity index is 1170. The Morgan fingerprint density at radius 3 is 2.72 bits per heavy atom. The molecule has 0 spiro atoms. The molecule has 1 atom stereocenters. The van der Waals surface area contributed by atoms with Gasteiger partial charge in [0.15, 0.2) is 0 Å². The molecule has 1 aliphatic rings. The van der Waals surface area contributed by atoms with Gasteiger partial charge in [-0.3, -0.25) is 9.58 Å². The Morgan fingerprint density at radius 2 is 1.91 bits per heavy atom. The standard InChI is InChI=1S/C23H26N6O2S/c1-27-20-6-13-32-22(20)21(26-27)17-4-2-5-19(14-17)31-16-18(30)15-28-9-11-29(12-10-28)23-24-7-3-8-25-23/h2-8,13-14,18,30H,9-12,15-16H2,1H3. The van der Waals surface area contributed by atoms with Gasteiger partial charge in [-0.15, -0.1) is 11.3 Å². The number of anilines is 1. The first kappa shape index (κ1) is 20.9. The van der Waals surface area contributed by atoms with Crippen molar-refractivity contribution in [3.8, 4) is 17.0 Å². The van der Waals surface area contributed by atoms with Crippen LogP contribution in [0.3, 0.4) is 0 Å². The summed E-state index contributed by atoms with van der Waals surface area (Å²) in [7, 11) is 1.96. The molecule has 1 N–H and O–H groups in total. The van der Waals surface area contributed by atoms with Crippen LogP contribution in [0.2, 0.25) is 0 Å². The minimum absolute atomic E-state index is 0.252. The highest BCUT2D eigenvalue weighted by Gasteiger charge is 2.21. The second-order valence-corrected chi connectivity index (χ2v) is 8.85. The lowest BCUT2D eigenvalue weighted by atomic mass is 10.1. The molecule has 9 heteroatoms. The molecule has 3 aromatic heterocycles. The number of fused-ring (bicyclic) bond motifs is 1. The largest absolute Gasteiger partial charge is 0.491 e. The van der Waals surface area contributed by atoms with E-state index in [0.717, 1.165) is 54.7 Å². The number of thiophene rings is 1. The monoisotopic (exact) mass is 450 g/mol. The molecule has 5 rings (SSSR count). The predicted octanol–water partition coefficient (Wildman–Crippen LogP) is 2.65. The second kappa shape index (κ2) is 9.23. The van der Waals surface area contributed by atoms with Crippen LogP contribution in [0.4, 0.5) is 5.95 Å². The van der Waals surface area contributed by atoms with Gasteiger partial charge in [-0.1, -0.05) is 12.1 Å². The maximum absolute atomic E-state index is 10.5. The number of aryl methyl sites for hydroxylation is 1. The topological polar surface area (TPSA) is 79.5 Å². The van der Waals surface area contributed by atoms with Crippen LogP contribution < -0.4 is 9.64 Å². The summed E-state index contributed by atoms with van der Waals surface area (Å²) in [5, 5.41) is 17.3. The average molecular weight is 451 g/mol. The molecule has 0 aliphatic carbocycles. The van der Waals surface area contributed by atoms with Gasteiger partial charge < -0.3 is 14.7 Å². The number of ether oxygens (including phenoxy) is 1.